The predicted octanol–water partition coefficient (Wildman–Crippen LogP) is 5.84. The van der Waals surface area contributed by atoms with E-state index in [1.807, 2.05) is 0 Å². The summed E-state index contributed by atoms with van der Waals surface area (Å²) in [5, 5.41) is 0. The van der Waals surface area contributed by atoms with Gasteiger partial charge < -0.3 is 0 Å². The minimum atomic E-state index is 0.280. The van der Waals surface area contributed by atoms with Crippen LogP contribution in [0, 0.1) is 22.7 Å². The van der Waals surface area contributed by atoms with Gasteiger partial charge in [0.05, 0.1) is 0 Å². The van der Waals surface area contributed by atoms with E-state index in [1.54, 1.807) is 11.1 Å². The van der Waals surface area contributed by atoms with Crippen molar-refractivity contribution in [3.05, 3.63) is 35.4 Å². The van der Waals surface area contributed by atoms with Gasteiger partial charge in [-0.1, -0.05) is 79.7 Å². The maximum absolute atomic E-state index is 2.45. The van der Waals surface area contributed by atoms with Crippen molar-refractivity contribution in [2.75, 3.05) is 0 Å². The van der Waals surface area contributed by atoms with E-state index in [1.165, 1.54) is 6.42 Å². The summed E-state index contributed by atoms with van der Waals surface area (Å²) in [4.78, 5) is 0. The van der Waals surface area contributed by atoms with Gasteiger partial charge in [0, 0.05) is 0 Å². The molecule has 0 spiro atoms. The zero-order valence-corrected chi connectivity index (χ0v) is 14.7. The van der Waals surface area contributed by atoms with Crippen molar-refractivity contribution in [1.29, 1.82) is 0 Å². The Kier molecular flexibility index (Phi) is 3.60. The summed E-state index contributed by atoms with van der Waals surface area (Å²) in [5.74, 6) is 1.43. The second kappa shape index (κ2) is 4.61. The maximum Gasteiger partial charge on any atom is -0.00664 e. The molecule has 0 heterocycles. The molecule has 0 nitrogen and oxygen atoms in total. The Hall–Kier alpha value is -0.780. The topological polar surface area (TPSA) is 0 Å². The first-order valence-corrected chi connectivity index (χ1v) is 8.04. The lowest BCUT2D eigenvalue weighted by molar-refractivity contribution is 0.0170. The standard InChI is InChI=1S/C20H32/c1-18(2,3)17(19(4,5)6)16-13-14-11-9-10-12-15(14)20(16,7)8/h9-12,16-17H,13H2,1-8H3. The highest BCUT2D eigenvalue weighted by atomic mass is 14.5. The molecule has 1 aromatic rings. The van der Waals surface area contributed by atoms with Crippen LogP contribution in [0.5, 0.6) is 0 Å². The smallest absolute Gasteiger partial charge is 0.00664 e. The van der Waals surface area contributed by atoms with Crippen LogP contribution in [0.2, 0.25) is 0 Å². The molecule has 0 saturated carbocycles. The highest BCUT2D eigenvalue weighted by Gasteiger charge is 2.50. The second-order valence-corrected chi connectivity index (χ2v) is 9.40. The van der Waals surface area contributed by atoms with Crippen LogP contribution in [-0.4, -0.2) is 0 Å². The molecule has 0 aromatic heterocycles. The molecular weight excluding hydrogens is 240 g/mol. The molecule has 0 fully saturated rings. The van der Waals surface area contributed by atoms with Gasteiger partial charge in [0.25, 0.3) is 0 Å². The van der Waals surface area contributed by atoms with Crippen molar-refractivity contribution in [2.24, 2.45) is 22.7 Å². The van der Waals surface area contributed by atoms with Gasteiger partial charge in [0.1, 0.15) is 0 Å². The molecule has 1 unspecified atom stereocenters. The Morgan fingerprint density at radius 2 is 1.45 bits per heavy atom. The molecular formula is C20H32. The highest BCUT2D eigenvalue weighted by Crippen LogP contribution is 2.55. The van der Waals surface area contributed by atoms with Crippen molar-refractivity contribution in [2.45, 2.75) is 67.2 Å². The molecule has 1 atom stereocenters. The summed E-state index contributed by atoms with van der Waals surface area (Å²) >= 11 is 0. The van der Waals surface area contributed by atoms with Crippen LogP contribution >= 0.6 is 0 Å². The van der Waals surface area contributed by atoms with E-state index < -0.39 is 0 Å². The SMILES string of the molecule is CC(C)(C)C(C1Cc2ccccc2C1(C)C)C(C)(C)C. The summed E-state index contributed by atoms with van der Waals surface area (Å²) in [6, 6.07) is 9.07. The lowest BCUT2D eigenvalue weighted by Gasteiger charge is -2.49. The van der Waals surface area contributed by atoms with E-state index in [9.17, 15) is 0 Å². The van der Waals surface area contributed by atoms with E-state index in [0.717, 1.165) is 5.92 Å². The number of hydrogen-bond acceptors (Lipinski definition) is 0. The van der Waals surface area contributed by atoms with Crippen LogP contribution in [0.25, 0.3) is 0 Å². The molecule has 0 amide bonds. The summed E-state index contributed by atoms with van der Waals surface area (Å²) in [7, 11) is 0. The first kappa shape index (κ1) is 15.6. The molecule has 1 aliphatic rings. The fourth-order valence-corrected chi connectivity index (χ4v) is 5.06. The third kappa shape index (κ3) is 2.54. The fourth-order valence-electron chi connectivity index (χ4n) is 5.06. The number of rotatable bonds is 1. The zero-order valence-electron chi connectivity index (χ0n) is 14.7. The average Bonchev–Trinajstić information content (AvgIpc) is 2.48. The van der Waals surface area contributed by atoms with Gasteiger partial charge in [-0.15, -0.1) is 0 Å². The van der Waals surface area contributed by atoms with Crippen LogP contribution in [-0.2, 0) is 11.8 Å². The van der Waals surface area contributed by atoms with Gasteiger partial charge in [-0.3, -0.25) is 0 Å². The largest absolute Gasteiger partial charge is 0.0620 e. The Labute approximate surface area is 126 Å². The first-order valence-electron chi connectivity index (χ1n) is 8.04. The molecule has 0 N–H and O–H groups in total. The third-order valence-electron chi connectivity index (χ3n) is 5.35. The van der Waals surface area contributed by atoms with Crippen molar-refractivity contribution in [3.63, 3.8) is 0 Å². The van der Waals surface area contributed by atoms with Crippen LogP contribution in [0.15, 0.2) is 24.3 Å². The second-order valence-electron chi connectivity index (χ2n) is 9.40. The lowest BCUT2D eigenvalue weighted by atomic mass is 9.56. The summed E-state index contributed by atoms with van der Waals surface area (Å²) in [6.45, 7) is 19.4. The van der Waals surface area contributed by atoms with Gasteiger partial charge >= 0.3 is 0 Å². The zero-order chi connectivity index (χ0) is 15.3. The van der Waals surface area contributed by atoms with E-state index in [4.69, 9.17) is 0 Å². The van der Waals surface area contributed by atoms with E-state index in [0.29, 0.717) is 16.7 Å². The highest BCUT2D eigenvalue weighted by molar-refractivity contribution is 5.40. The maximum atomic E-state index is 2.45. The molecule has 20 heavy (non-hydrogen) atoms. The van der Waals surface area contributed by atoms with Crippen molar-refractivity contribution >= 4 is 0 Å². The molecule has 0 bridgehead atoms. The summed E-state index contributed by atoms with van der Waals surface area (Å²) in [6.07, 6.45) is 1.24. The van der Waals surface area contributed by atoms with Crippen molar-refractivity contribution < 1.29 is 0 Å². The average molecular weight is 272 g/mol. The quantitative estimate of drug-likeness (QED) is 0.602. The fraction of sp³-hybridized carbons (Fsp3) is 0.700. The minimum Gasteiger partial charge on any atom is -0.0620 e. The van der Waals surface area contributed by atoms with E-state index in [-0.39, 0.29) is 5.41 Å². The monoisotopic (exact) mass is 272 g/mol. The molecule has 112 valence electrons. The normalized spacial score (nSPS) is 22.1. The molecule has 2 rings (SSSR count). The Morgan fingerprint density at radius 3 is 1.90 bits per heavy atom. The summed E-state index contributed by atoms with van der Waals surface area (Å²) < 4.78 is 0. The molecule has 0 aliphatic heterocycles. The van der Waals surface area contributed by atoms with E-state index in [2.05, 4.69) is 79.7 Å². The lowest BCUT2D eigenvalue weighted by Crippen LogP contribution is -2.44. The van der Waals surface area contributed by atoms with Gasteiger partial charge in [0.2, 0.25) is 0 Å². The van der Waals surface area contributed by atoms with E-state index >= 15 is 0 Å². The van der Waals surface area contributed by atoms with Crippen LogP contribution in [0.4, 0.5) is 0 Å². The molecule has 0 radical (unpaired) electrons. The molecule has 1 aromatic carbocycles. The van der Waals surface area contributed by atoms with Gasteiger partial charge in [0.15, 0.2) is 0 Å². The van der Waals surface area contributed by atoms with Crippen molar-refractivity contribution in [3.8, 4) is 0 Å². The predicted molar refractivity (Wildman–Crippen MR) is 89.1 cm³/mol. The Balaban J connectivity index is 2.49. The first-order chi connectivity index (χ1) is 8.95. The number of hydrogen-bond donors (Lipinski definition) is 0. The molecule has 0 heteroatoms. The number of fused-ring (bicyclic) bond motifs is 1. The minimum absolute atomic E-state index is 0.280. The Morgan fingerprint density at radius 1 is 0.950 bits per heavy atom. The van der Waals surface area contributed by atoms with Crippen LogP contribution in [0.1, 0.15) is 66.5 Å². The third-order valence-corrected chi connectivity index (χ3v) is 5.35. The summed E-state index contributed by atoms with van der Waals surface area (Å²) in [5.41, 5.74) is 4.09. The molecule has 1 aliphatic carbocycles. The Bertz CT molecular complexity index is 465. The number of benzene rings is 1. The van der Waals surface area contributed by atoms with Gasteiger partial charge in [-0.2, -0.15) is 0 Å². The van der Waals surface area contributed by atoms with Crippen LogP contribution in [0.3, 0.4) is 0 Å². The van der Waals surface area contributed by atoms with Gasteiger partial charge in [-0.05, 0) is 45.6 Å². The van der Waals surface area contributed by atoms with Crippen molar-refractivity contribution in [1.82, 2.24) is 0 Å². The van der Waals surface area contributed by atoms with Gasteiger partial charge in [-0.25, -0.2) is 0 Å². The molecule has 0 saturated heterocycles. The van der Waals surface area contributed by atoms with Crippen LogP contribution < -0.4 is 0 Å².